The Bertz CT molecular complexity index is 1250. The first kappa shape index (κ1) is 25.7. The van der Waals surface area contributed by atoms with Crippen LogP contribution in [0.15, 0.2) is 59.7 Å². The number of anilines is 1. The lowest BCUT2D eigenvalue weighted by Crippen LogP contribution is -2.35. The number of nitrogens with zero attached hydrogens (tertiary/aromatic N) is 3. The van der Waals surface area contributed by atoms with Crippen LogP contribution in [0.1, 0.15) is 29.7 Å². The number of benzene rings is 1. The molecule has 0 aliphatic heterocycles. The van der Waals surface area contributed by atoms with Gasteiger partial charge in [-0.2, -0.15) is 8.78 Å². The molecule has 1 aliphatic rings. The van der Waals surface area contributed by atoms with E-state index in [1.165, 1.54) is 37.2 Å². The summed E-state index contributed by atoms with van der Waals surface area (Å²) in [5.74, 6) is -3.36. The van der Waals surface area contributed by atoms with E-state index in [0.717, 1.165) is 34.4 Å². The predicted molar refractivity (Wildman–Crippen MR) is 133 cm³/mol. The average Bonchev–Trinajstić information content (AvgIpc) is 3.70. The molecule has 1 fully saturated rings. The van der Waals surface area contributed by atoms with Crippen LogP contribution in [0.25, 0.3) is 0 Å². The highest BCUT2D eigenvalue weighted by atomic mass is 35.5. The van der Waals surface area contributed by atoms with Crippen molar-refractivity contribution in [2.45, 2.75) is 38.4 Å². The van der Waals surface area contributed by atoms with E-state index in [1.807, 2.05) is 24.3 Å². The molecular formula is C25H27ClF2N6O2. The van der Waals surface area contributed by atoms with Gasteiger partial charge in [0.2, 0.25) is 5.91 Å². The Morgan fingerprint density at radius 1 is 1.08 bits per heavy atom. The molecule has 1 saturated carbocycles. The SMILES string of the molecule is O=C(Cn1c(Cl)cnc(NCC(F)(F)c2ccccn2)c1=O)NCc1ccccc1CNCC1CC1. The molecule has 0 saturated heterocycles. The van der Waals surface area contributed by atoms with Gasteiger partial charge in [-0.15, -0.1) is 0 Å². The Morgan fingerprint density at radius 2 is 1.81 bits per heavy atom. The summed E-state index contributed by atoms with van der Waals surface area (Å²) in [5.41, 5.74) is 0.827. The Hall–Kier alpha value is -3.37. The molecule has 1 aliphatic carbocycles. The fourth-order valence-corrected chi connectivity index (χ4v) is 3.81. The highest BCUT2D eigenvalue weighted by Gasteiger charge is 2.33. The highest BCUT2D eigenvalue weighted by molar-refractivity contribution is 6.29. The van der Waals surface area contributed by atoms with Crippen LogP contribution < -0.4 is 21.5 Å². The largest absolute Gasteiger partial charge is 0.359 e. The molecule has 8 nitrogen and oxygen atoms in total. The van der Waals surface area contributed by atoms with Gasteiger partial charge in [0.15, 0.2) is 5.82 Å². The van der Waals surface area contributed by atoms with Crippen LogP contribution in [0.4, 0.5) is 14.6 Å². The van der Waals surface area contributed by atoms with Crippen LogP contribution >= 0.6 is 11.6 Å². The topological polar surface area (TPSA) is 101 Å². The third kappa shape index (κ3) is 6.86. The molecule has 0 bridgehead atoms. The van der Waals surface area contributed by atoms with Crippen molar-refractivity contribution in [1.82, 2.24) is 25.2 Å². The first-order valence-corrected chi connectivity index (χ1v) is 12.0. The second kappa shape index (κ2) is 11.6. The zero-order valence-corrected chi connectivity index (χ0v) is 20.3. The number of alkyl halides is 2. The second-order valence-corrected chi connectivity index (χ2v) is 9.10. The number of carbonyl (C=O) groups excluding carboxylic acids is 1. The van der Waals surface area contributed by atoms with Crippen LogP contribution in [0.3, 0.4) is 0 Å². The van der Waals surface area contributed by atoms with Crippen molar-refractivity contribution in [1.29, 1.82) is 0 Å². The van der Waals surface area contributed by atoms with Gasteiger partial charge >= 0.3 is 5.92 Å². The van der Waals surface area contributed by atoms with Crippen molar-refractivity contribution in [3.8, 4) is 0 Å². The van der Waals surface area contributed by atoms with Crippen LogP contribution in [-0.2, 0) is 30.4 Å². The molecule has 0 unspecified atom stereocenters. The predicted octanol–water partition coefficient (Wildman–Crippen LogP) is 3.31. The molecule has 1 aromatic carbocycles. The Morgan fingerprint density at radius 3 is 2.50 bits per heavy atom. The van der Waals surface area contributed by atoms with Gasteiger partial charge in [-0.3, -0.25) is 19.1 Å². The maximum atomic E-state index is 14.4. The molecule has 2 heterocycles. The number of hydrogen-bond donors (Lipinski definition) is 3. The van der Waals surface area contributed by atoms with Crippen molar-refractivity contribution >= 4 is 23.3 Å². The molecular weight excluding hydrogens is 490 g/mol. The summed E-state index contributed by atoms with van der Waals surface area (Å²) in [4.78, 5) is 32.9. The smallest absolute Gasteiger partial charge is 0.306 e. The van der Waals surface area contributed by atoms with E-state index in [9.17, 15) is 18.4 Å². The molecule has 36 heavy (non-hydrogen) atoms. The summed E-state index contributed by atoms with van der Waals surface area (Å²) in [6.45, 7) is 0.683. The fourth-order valence-electron chi connectivity index (χ4n) is 3.63. The molecule has 1 amide bonds. The number of aromatic nitrogens is 3. The summed E-state index contributed by atoms with van der Waals surface area (Å²) in [6, 6.07) is 12.0. The molecule has 2 aromatic heterocycles. The maximum Gasteiger partial charge on any atom is 0.306 e. The molecule has 4 rings (SSSR count). The van der Waals surface area contributed by atoms with Crippen LogP contribution in [0.5, 0.6) is 0 Å². The Labute approximate surface area is 212 Å². The van der Waals surface area contributed by atoms with Gasteiger partial charge in [-0.1, -0.05) is 41.9 Å². The van der Waals surface area contributed by atoms with E-state index in [-0.39, 0.29) is 24.1 Å². The third-order valence-corrected chi connectivity index (χ3v) is 6.17. The summed E-state index contributed by atoms with van der Waals surface area (Å²) >= 11 is 6.09. The van der Waals surface area contributed by atoms with E-state index >= 15 is 0 Å². The lowest BCUT2D eigenvalue weighted by molar-refractivity contribution is -0.121. The number of nitrogens with one attached hydrogen (secondary N) is 3. The summed E-state index contributed by atoms with van der Waals surface area (Å²) in [7, 11) is 0. The van der Waals surface area contributed by atoms with Crippen molar-refractivity contribution < 1.29 is 13.6 Å². The van der Waals surface area contributed by atoms with Crippen LogP contribution in [0.2, 0.25) is 5.15 Å². The van der Waals surface area contributed by atoms with Gasteiger partial charge in [-0.25, -0.2) is 4.98 Å². The van der Waals surface area contributed by atoms with Gasteiger partial charge < -0.3 is 16.0 Å². The molecule has 11 heteroatoms. The number of rotatable bonds is 12. The van der Waals surface area contributed by atoms with Gasteiger partial charge in [-0.05, 0) is 48.6 Å². The molecule has 190 valence electrons. The zero-order chi connectivity index (χ0) is 25.5. The molecule has 0 radical (unpaired) electrons. The Balaban J connectivity index is 1.36. The van der Waals surface area contributed by atoms with Gasteiger partial charge in [0.25, 0.3) is 5.56 Å². The summed E-state index contributed by atoms with van der Waals surface area (Å²) < 4.78 is 29.8. The first-order valence-electron chi connectivity index (χ1n) is 11.7. The lowest BCUT2D eigenvalue weighted by atomic mass is 10.1. The lowest BCUT2D eigenvalue weighted by Gasteiger charge is -2.17. The minimum Gasteiger partial charge on any atom is -0.359 e. The molecule has 3 aromatic rings. The number of hydrogen-bond acceptors (Lipinski definition) is 6. The van der Waals surface area contributed by atoms with E-state index < -0.39 is 29.6 Å². The van der Waals surface area contributed by atoms with Crippen molar-refractivity contribution in [2.24, 2.45) is 5.92 Å². The number of amides is 1. The Kier molecular flexibility index (Phi) is 8.27. The molecule has 0 spiro atoms. The number of carbonyl (C=O) groups is 1. The van der Waals surface area contributed by atoms with E-state index in [2.05, 4.69) is 25.9 Å². The van der Waals surface area contributed by atoms with Gasteiger partial charge in [0, 0.05) is 19.3 Å². The van der Waals surface area contributed by atoms with E-state index in [0.29, 0.717) is 6.54 Å². The first-order chi connectivity index (χ1) is 17.3. The second-order valence-electron chi connectivity index (χ2n) is 8.71. The van der Waals surface area contributed by atoms with Gasteiger partial charge in [0.1, 0.15) is 17.4 Å². The normalized spacial score (nSPS) is 13.4. The summed E-state index contributed by atoms with van der Waals surface area (Å²) in [6.07, 6.45) is 4.94. The van der Waals surface area contributed by atoms with Gasteiger partial charge in [0.05, 0.1) is 12.7 Å². The average molecular weight is 517 g/mol. The third-order valence-electron chi connectivity index (χ3n) is 5.86. The number of pyridine rings is 1. The monoisotopic (exact) mass is 516 g/mol. The maximum absolute atomic E-state index is 14.4. The highest BCUT2D eigenvalue weighted by Crippen LogP contribution is 2.28. The number of halogens is 3. The fraction of sp³-hybridized carbons (Fsp3) is 0.360. The molecule has 0 atom stereocenters. The molecule has 3 N–H and O–H groups in total. The van der Waals surface area contributed by atoms with Crippen LogP contribution in [0, 0.1) is 5.92 Å². The summed E-state index contributed by atoms with van der Waals surface area (Å²) in [5, 5.41) is 8.51. The van der Waals surface area contributed by atoms with E-state index in [1.54, 1.807) is 0 Å². The van der Waals surface area contributed by atoms with Crippen molar-refractivity contribution in [2.75, 3.05) is 18.4 Å². The standard InChI is InChI=1S/C25H27ClF2N6O2/c26-21-14-32-23(33-16-25(27,28)20-7-3-4-10-30-20)24(36)34(21)15-22(35)31-13-19-6-2-1-5-18(19)12-29-11-17-8-9-17/h1-7,10,14,17,29H,8-9,11-13,15-16H2,(H,31,35)(H,32,33). The van der Waals surface area contributed by atoms with Crippen molar-refractivity contribution in [3.05, 3.63) is 87.2 Å². The zero-order valence-electron chi connectivity index (χ0n) is 19.5. The minimum absolute atomic E-state index is 0.0816. The van der Waals surface area contributed by atoms with Crippen LogP contribution in [-0.4, -0.2) is 33.5 Å². The van der Waals surface area contributed by atoms with Crippen molar-refractivity contribution in [3.63, 3.8) is 0 Å². The minimum atomic E-state index is -3.34. The van der Waals surface area contributed by atoms with E-state index in [4.69, 9.17) is 11.6 Å². The quantitative estimate of drug-likeness (QED) is 0.341.